The van der Waals surface area contributed by atoms with E-state index in [1.807, 2.05) is 0 Å². The lowest BCUT2D eigenvalue weighted by molar-refractivity contribution is 0.539. The van der Waals surface area contributed by atoms with Gasteiger partial charge in [-0.2, -0.15) is 15.0 Å². The maximum absolute atomic E-state index is 5.42. The summed E-state index contributed by atoms with van der Waals surface area (Å²) < 4.78 is 0. The molecule has 0 spiro atoms. The Morgan fingerprint density at radius 3 is 2.25 bits per heavy atom. The van der Waals surface area contributed by atoms with Crippen LogP contribution in [0.1, 0.15) is 24.2 Å². The maximum atomic E-state index is 5.42. The van der Waals surface area contributed by atoms with Crippen molar-refractivity contribution in [1.29, 1.82) is 0 Å². The molecule has 1 aliphatic carbocycles. The average molecular weight is 166 g/mol. The number of hydrogen-bond acceptors (Lipinski definition) is 3. The van der Waals surface area contributed by atoms with Gasteiger partial charge in [0.05, 0.1) is 17.9 Å². The topological polar surface area (TPSA) is 56.7 Å². The number of fused-ring (bicyclic) bond motifs is 1. The van der Waals surface area contributed by atoms with E-state index < -0.39 is 0 Å². The van der Waals surface area contributed by atoms with Crippen LogP contribution in [-0.2, 0) is 19.4 Å². The predicted molar refractivity (Wildman–Crippen MR) is 45.7 cm³/mol. The zero-order chi connectivity index (χ0) is 8.39. The lowest BCUT2D eigenvalue weighted by Crippen LogP contribution is -2.12. The van der Waals surface area contributed by atoms with Gasteiger partial charge < -0.3 is 5.73 Å². The first-order valence-electron chi connectivity index (χ1n) is 4.53. The molecule has 12 heavy (non-hydrogen) atoms. The highest BCUT2D eigenvalue weighted by atomic mass is 15.5. The summed E-state index contributed by atoms with van der Waals surface area (Å²) in [5.41, 5.74) is 7.80. The van der Waals surface area contributed by atoms with Crippen molar-refractivity contribution in [3.8, 4) is 0 Å². The SMILES string of the molecule is NCCn1nc2c(n1)CCCC2. The van der Waals surface area contributed by atoms with Gasteiger partial charge in [-0.15, -0.1) is 0 Å². The van der Waals surface area contributed by atoms with E-state index >= 15 is 0 Å². The van der Waals surface area contributed by atoms with Crippen LogP contribution in [0, 0.1) is 0 Å². The Bertz CT molecular complexity index is 243. The van der Waals surface area contributed by atoms with Gasteiger partial charge in [-0.05, 0) is 25.7 Å². The molecule has 0 fully saturated rings. The van der Waals surface area contributed by atoms with Crippen LogP contribution in [0.25, 0.3) is 0 Å². The molecule has 2 rings (SSSR count). The number of nitrogens with zero attached hydrogens (tertiary/aromatic N) is 3. The van der Waals surface area contributed by atoms with Gasteiger partial charge in [-0.25, -0.2) is 0 Å². The van der Waals surface area contributed by atoms with Crippen molar-refractivity contribution in [3.63, 3.8) is 0 Å². The molecule has 4 heteroatoms. The van der Waals surface area contributed by atoms with Gasteiger partial charge >= 0.3 is 0 Å². The van der Waals surface area contributed by atoms with E-state index in [4.69, 9.17) is 5.73 Å². The molecule has 0 bridgehead atoms. The van der Waals surface area contributed by atoms with Crippen LogP contribution in [0.15, 0.2) is 0 Å². The van der Waals surface area contributed by atoms with Crippen molar-refractivity contribution in [2.45, 2.75) is 32.2 Å². The molecule has 0 aromatic carbocycles. The lowest BCUT2D eigenvalue weighted by Gasteiger charge is -2.05. The second-order valence-electron chi connectivity index (χ2n) is 3.19. The lowest BCUT2D eigenvalue weighted by atomic mass is 10.0. The highest BCUT2D eigenvalue weighted by Gasteiger charge is 2.14. The first-order chi connectivity index (χ1) is 5.90. The van der Waals surface area contributed by atoms with E-state index in [9.17, 15) is 0 Å². The standard InChI is InChI=1S/C8H14N4/c9-5-6-12-10-7-3-1-2-4-8(7)11-12/h1-6,9H2. The fourth-order valence-electron chi connectivity index (χ4n) is 1.61. The molecule has 66 valence electrons. The second-order valence-corrected chi connectivity index (χ2v) is 3.19. The van der Waals surface area contributed by atoms with Crippen LogP contribution in [-0.4, -0.2) is 21.5 Å². The molecule has 1 heterocycles. The van der Waals surface area contributed by atoms with Gasteiger partial charge in [-0.1, -0.05) is 0 Å². The van der Waals surface area contributed by atoms with Crippen LogP contribution in [0.5, 0.6) is 0 Å². The fourth-order valence-corrected chi connectivity index (χ4v) is 1.61. The Labute approximate surface area is 71.8 Å². The molecular formula is C8H14N4. The Hall–Kier alpha value is -0.900. The summed E-state index contributed by atoms with van der Waals surface area (Å²) >= 11 is 0. The summed E-state index contributed by atoms with van der Waals surface area (Å²) in [5.74, 6) is 0. The van der Waals surface area contributed by atoms with E-state index in [-0.39, 0.29) is 0 Å². The highest BCUT2D eigenvalue weighted by molar-refractivity contribution is 5.11. The van der Waals surface area contributed by atoms with Crippen molar-refractivity contribution in [1.82, 2.24) is 15.0 Å². The van der Waals surface area contributed by atoms with E-state index in [0.29, 0.717) is 6.54 Å². The summed E-state index contributed by atoms with van der Waals surface area (Å²) in [6.07, 6.45) is 4.71. The summed E-state index contributed by atoms with van der Waals surface area (Å²) in [7, 11) is 0. The number of nitrogens with two attached hydrogens (primary N) is 1. The number of aromatic nitrogens is 3. The molecule has 0 saturated carbocycles. The van der Waals surface area contributed by atoms with Gasteiger partial charge in [0.2, 0.25) is 0 Å². The number of rotatable bonds is 2. The van der Waals surface area contributed by atoms with Crippen molar-refractivity contribution in [2.24, 2.45) is 5.73 Å². The van der Waals surface area contributed by atoms with Crippen molar-refractivity contribution < 1.29 is 0 Å². The molecule has 0 saturated heterocycles. The largest absolute Gasteiger partial charge is 0.329 e. The third-order valence-electron chi connectivity index (χ3n) is 2.21. The monoisotopic (exact) mass is 166 g/mol. The Balaban J connectivity index is 2.20. The van der Waals surface area contributed by atoms with Crippen LogP contribution in [0.4, 0.5) is 0 Å². The number of aryl methyl sites for hydroxylation is 2. The first-order valence-corrected chi connectivity index (χ1v) is 4.53. The molecule has 0 radical (unpaired) electrons. The molecule has 0 amide bonds. The Morgan fingerprint density at radius 2 is 1.75 bits per heavy atom. The zero-order valence-electron chi connectivity index (χ0n) is 7.16. The average Bonchev–Trinajstić information content (AvgIpc) is 2.47. The minimum Gasteiger partial charge on any atom is -0.329 e. The van der Waals surface area contributed by atoms with E-state index in [0.717, 1.165) is 19.4 Å². The van der Waals surface area contributed by atoms with Crippen LogP contribution < -0.4 is 5.73 Å². The third kappa shape index (κ3) is 1.34. The Morgan fingerprint density at radius 1 is 1.17 bits per heavy atom. The van der Waals surface area contributed by atoms with Crippen LogP contribution >= 0.6 is 0 Å². The summed E-state index contributed by atoms with van der Waals surface area (Å²) in [6.45, 7) is 1.36. The summed E-state index contributed by atoms with van der Waals surface area (Å²) in [6, 6.07) is 0. The van der Waals surface area contributed by atoms with Crippen LogP contribution in [0.3, 0.4) is 0 Å². The van der Waals surface area contributed by atoms with E-state index in [1.54, 1.807) is 4.80 Å². The first kappa shape index (κ1) is 7.73. The van der Waals surface area contributed by atoms with Gasteiger partial charge in [-0.3, -0.25) is 0 Å². The second kappa shape index (κ2) is 3.23. The van der Waals surface area contributed by atoms with Gasteiger partial charge in [0, 0.05) is 6.54 Å². The molecule has 1 aromatic heterocycles. The quantitative estimate of drug-likeness (QED) is 0.678. The van der Waals surface area contributed by atoms with Gasteiger partial charge in [0.25, 0.3) is 0 Å². The molecule has 4 nitrogen and oxygen atoms in total. The normalized spacial score (nSPS) is 16.1. The molecule has 0 unspecified atom stereocenters. The fraction of sp³-hybridized carbons (Fsp3) is 0.750. The third-order valence-corrected chi connectivity index (χ3v) is 2.21. The predicted octanol–water partition coefficient (Wildman–Crippen LogP) is 0.116. The van der Waals surface area contributed by atoms with Crippen molar-refractivity contribution in [2.75, 3.05) is 6.54 Å². The molecule has 2 N–H and O–H groups in total. The Kier molecular flexibility index (Phi) is 2.08. The summed E-state index contributed by atoms with van der Waals surface area (Å²) in [4.78, 5) is 1.73. The van der Waals surface area contributed by atoms with Gasteiger partial charge in [0.15, 0.2) is 0 Å². The van der Waals surface area contributed by atoms with Gasteiger partial charge in [0.1, 0.15) is 0 Å². The molecular weight excluding hydrogens is 152 g/mol. The van der Waals surface area contributed by atoms with Crippen LogP contribution in [0.2, 0.25) is 0 Å². The molecule has 0 aliphatic heterocycles. The van der Waals surface area contributed by atoms with Crippen molar-refractivity contribution >= 4 is 0 Å². The van der Waals surface area contributed by atoms with E-state index in [1.165, 1.54) is 24.2 Å². The smallest absolute Gasteiger partial charge is 0.0859 e. The van der Waals surface area contributed by atoms with E-state index in [2.05, 4.69) is 10.2 Å². The minimum atomic E-state index is 0.619. The van der Waals surface area contributed by atoms with Crippen molar-refractivity contribution in [3.05, 3.63) is 11.4 Å². The molecule has 1 aliphatic rings. The number of hydrogen-bond donors (Lipinski definition) is 1. The highest BCUT2D eigenvalue weighted by Crippen LogP contribution is 2.16. The summed E-state index contributed by atoms with van der Waals surface area (Å²) in [5, 5.41) is 8.73. The zero-order valence-corrected chi connectivity index (χ0v) is 7.16. The minimum absolute atomic E-state index is 0.619. The maximum Gasteiger partial charge on any atom is 0.0859 e. The molecule has 0 atom stereocenters. The molecule has 1 aromatic rings.